The predicted molar refractivity (Wildman–Crippen MR) is 56.3 cm³/mol. The molecule has 2 rings (SSSR count). The van der Waals surface area contributed by atoms with Gasteiger partial charge < -0.3 is 14.4 Å². The molecule has 0 saturated heterocycles. The first-order valence-electron chi connectivity index (χ1n) is 4.62. The number of hydrogen-bond donors (Lipinski definition) is 2. The maximum Gasteiger partial charge on any atom is 0.417 e. The van der Waals surface area contributed by atoms with E-state index >= 15 is 0 Å². The van der Waals surface area contributed by atoms with E-state index in [9.17, 15) is 9.59 Å². The molecule has 0 aliphatic rings. The molecule has 0 bridgehead atoms. The fraction of sp³-hybridized carbons (Fsp3) is 0.200. The number of carboxylic acid groups (broad SMARTS) is 1. The number of fused-ring (bicyclic) bond motifs is 1. The van der Waals surface area contributed by atoms with Gasteiger partial charge in [-0.15, -0.1) is 0 Å². The summed E-state index contributed by atoms with van der Waals surface area (Å²) in [5.74, 6) is -0.515. The highest BCUT2D eigenvalue weighted by Crippen LogP contribution is 2.13. The lowest BCUT2D eigenvalue weighted by molar-refractivity contribution is 0.154. The van der Waals surface area contributed by atoms with Gasteiger partial charge in [-0.1, -0.05) is 6.07 Å². The van der Waals surface area contributed by atoms with Crippen molar-refractivity contribution in [2.24, 2.45) is 0 Å². The van der Waals surface area contributed by atoms with Gasteiger partial charge >= 0.3 is 11.8 Å². The Morgan fingerprint density at radius 3 is 3.00 bits per heavy atom. The lowest BCUT2D eigenvalue weighted by Gasteiger charge is -2.12. The van der Waals surface area contributed by atoms with Gasteiger partial charge in [0.25, 0.3) is 0 Å². The Morgan fingerprint density at radius 1 is 1.56 bits per heavy atom. The molecule has 1 aromatic heterocycles. The number of rotatable bonds is 2. The zero-order chi connectivity index (χ0) is 11.7. The van der Waals surface area contributed by atoms with E-state index in [4.69, 9.17) is 9.52 Å². The molecule has 6 heteroatoms. The molecule has 0 fully saturated rings. The van der Waals surface area contributed by atoms with E-state index in [-0.39, 0.29) is 6.54 Å². The lowest BCUT2D eigenvalue weighted by atomic mass is 10.2. The smallest absolute Gasteiger partial charge is 0.417 e. The van der Waals surface area contributed by atoms with Gasteiger partial charge in [0.15, 0.2) is 5.58 Å². The van der Waals surface area contributed by atoms with Crippen LogP contribution in [-0.2, 0) is 6.54 Å². The quantitative estimate of drug-likeness (QED) is 0.800. The van der Waals surface area contributed by atoms with Gasteiger partial charge in [0.05, 0.1) is 5.52 Å². The minimum absolute atomic E-state index is 0.250. The molecule has 0 atom stereocenters. The summed E-state index contributed by atoms with van der Waals surface area (Å²) < 4.78 is 4.87. The van der Waals surface area contributed by atoms with Crippen LogP contribution in [0.15, 0.2) is 27.4 Å². The number of aromatic amines is 1. The Kier molecular flexibility index (Phi) is 2.40. The maximum absolute atomic E-state index is 10.9. The summed E-state index contributed by atoms with van der Waals surface area (Å²) in [5.41, 5.74) is 1.80. The number of aromatic nitrogens is 1. The highest BCUT2D eigenvalue weighted by Gasteiger charge is 2.08. The third-order valence-corrected chi connectivity index (χ3v) is 2.23. The number of nitrogens with one attached hydrogen (secondary N) is 1. The second-order valence-corrected chi connectivity index (χ2v) is 3.48. The monoisotopic (exact) mass is 222 g/mol. The van der Waals surface area contributed by atoms with Crippen molar-refractivity contribution < 1.29 is 14.3 Å². The average Bonchev–Trinajstić information content (AvgIpc) is 2.57. The summed E-state index contributed by atoms with van der Waals surface area (Å²) in [4.78, 5) is 25.2. The molecule has 1 amide bonds. The van der Waals surface area contributed by atoms with Crippen molar-refractivity contribution in [1.82, 2.24) is 9.88 Å². The second kappa shape index (κ2) is 3.73. The first kappa shape index (κ1) is 10.3. The van der Waals surface area contributed by atoms with Crippen molar-refractivity contribution in [3.63, 3.8) is 0 Å². The van der Waals surface area contributed by atoms with Crippen LogP contribution in [0.1, 0.15) is 5.56 Å². The first-order chi connectivity index (χ1) is 7.56. The van der Waals surface area contributed by atoms with Gasteiger partial charge in [0, 0.05) is 13.6 Å². The summed E-state index contributed by atoms with van der Waals surface area (Å²) in [7, 11) is 1.47. The van der Waals surface area contributed by atoms with Crippen LogP contribution in [-0.4, -0.2) is 28.1 Å². The molecule has 0 aliphatic heterocycles. The summed E-state index contributed by atoms with van der Waals surface area (Å²) in [6.45, 7) is 0.250. The molecule has 1 aromatic carbocycles. The number of oxazole rings is 1. The molecule has 84 valence electrons. The zero-order valence-corrected chi connectivity index (χ0v) is 8.56. The highest BCUT2D eigenvalue weighted by atomic mass is 16.4. The Balaban J connectivity index is 2.32. The van der Waals surface area contributed by atoms with E-state index in [0.29, 0.717) is 11.1 Å². The summed E-state index contributed by atoms with van der Waals surface area (Å²) in [6, 6.07) is 5.07. The Labute approximate surface area is 90.1 Å². The maximum atomic E-state index is 10.9. The molecule has 2 aromatic rings. The van der Waals surface area contributed by atoms with E-state index < -0.39 is 11.8 Å². The molecule has 0 saturated carbocycles. The summed E-state index contributed by atoms with van der Waals surface area (Å²) in [5, 5.41) is 8.71. The van der Waals surface area contributed by atoms with Crippen LogP contribution in [0.4, 0.5) is 4.79 Å². The topological polar surface area (TPSA) is 86.5 Å². The molecule has 16 heavy (non-hydrogen) atoms. The van der Waals surface area contributed by atoms with Crippen molar-refractivity contribution in [2.45, 2.75) is 6.54 Å². The fourth-order valence-electron chi connectivity index (χ4n) is 1.43. The third kappa shape index (κ3) is 1.90. The largest absolute Gasteiger partial charge is 0.465 e. The van der Waals surface area contributed by atoms with Crippen LogP contribution in [0.5, 0.6) is 0 Å². The van der Waals surface area contributed by atoms with Gasteiger partial charge in [-0.2, -0.15) is 0 Å². The van der Waals surface area contributed by atoms with Crippen LogP contribution in [0.2, 0.25) is 0 Å². The van der Waals surface area contributed by atoms with E-state index in [2.05, 4.69) is 4.98 Å². The normalized spacial score (nSPS) is 10.6. The zero-order valence-electron chi connectivity index (χ0n) is 8.56. The Morgan fingerprint density at radius 2 is 2.31 bits per heavy atom. The minimum atomic E-state index is -1.00. The number of amides is 1. The van der Waals surface area contributed by atoms with Gasteiger partial charge in [0.1, 0.15) is 0 Å². The van der Waals surface area contributed by atoms with Crippen LogP contribution < -0.4 is 5.76 Å². The van der Waals surface area contributed by atoms with Crippen LogP contribution >= 0.6 is 0 Å². The van der Waals surface area contributed by atoms with Crippen molar-refractivity contribution in [1.29, 1.82) is 0 Å². The predicted octanol–water partition coefficient (Wildman–Crippen LogP) is 1.23. The standard InChI is InChI=1S/C10H10N2O4/c1-12(10(14)15)5-6-2-3-7-8(4-6)16-9(13)11-7/h2-4H,5H2,1H3,(H,11,13)(H,14,15). The van der Waals surface area contributed by atoms with Crippen molar-refractivity contribution >= 4 is 17.2 Å². The molecule has 0 spiro atoms. The molecule has 1 heterocycles. The van der Waals surface area contributed by atoms with Crippen LogP contribution in [0.25, 0.3) is 11.1 Å². The van der Waals surface area contributed by atoms with Gasteiger partial charge in [-0.05, 0) is 17.7 Å². The molecular weight excluding hydrogens is 212 g/mol. The number of carbonyl (C=O) groups is 1. The molecular formula is C10H10N2O4. The number of H-pyrrole nitrogens is 1. The molecule has 0 unspecified atom stereocenters. The molecule has 0 aliphatic carbocycles. The third-order valence-electron chi connectivity index (χ3n) is 2.23. The van der Waals surface area contributed by atoms with E-state index in [1.54, 1.807) is 18.2 Å². The molecule has 0 radical (unpaired) electrons. The van der Waals surface area contributed by atoms with Crippen molar-refractivity contribution in [3.8, 4) is 0 Å². The second-order valence-electron chi connectivity index (χ2n) is 3.48. The number of hydrogen-bond acceptors (Lipinski definition) is 3. The fourth-order valence-corrected chi connectivity index (χ4v) is 1.43. The Bertz CT molecular complexity index is 584. The number of nitrogens with zero attached hydrogens (tertiary/aromatic N) is 1. The van der Waals surface area contributed by atoms with E-state index in [0.717, 1.165) is 10.5 Å². The van der Waals surface area contributed by atoms with Crippen molar-refractivity contribution in [2.75, 3.05) is 7.05 Å². The number of benzene rings is 1. The van der Waals surface area contributed by atoms with E-state index in [1.165, 1.54) is 7.05 Å². The summed E-state index contributed by atoms with van der Waals surface area (Å²) in [6.07, 6.45) is -1.00. The SMILES string of the molecule is CN(Cc1ccc2[nH]c(=O)oc2c1)C(=O)O. The Hall–Kier alpha value is -2.24. The first-order valence-corrected chi connectivity index (χ1v) is 4.62. The van der Waals surface area contributed by atoms with Crippen LogP contribution in [0, 0.1) is 0 Å². The molecule has 6 nitrogen and oxygen atoms in total. The van der Waals surface area contributed by atoms with E-state index in [1.807, 2.05) is 0 Å². The summed E-state index contributed by atoms with van der Waals surface area (Å²) >= 11 is 0. The van der Waals surface area contributed by atoms with Crippen molar-refractivity contribution in [3.05, 3.63) is 34.3 Å². The average molecular weight is 222 g/mol. The highest BCUT2D eigenvalue weighted by molar-refractivity contribution is 5.73. The van der Waals surface area contributed by atoms with Gasteiger partial charge in [-0.25, -0.2) is 9.59 Å². The van der Waals surface area contributed by atoms with Gasteiger partial charge in [-0.3, -0.25) is 4.98 Å². The van der Waals surface area contributed by atoms with Crippen LogP contribution in [0.3, 0.4) is 0 Å². The lowest BCUT2D eigenvalue weighted by Crippen LogP contribution is -2.23. The van der Waals surface area contributed by atoms with Gasteiger partial charge in [0.2, 0.25) is 0 Å². The molecule has 2 N–H and O–H groups in total. The minimum Gasteiger partial charge on any atom is -0.465 e.